The fourth-order valence-electron chi connectivity index (χ4n) is 1.88. The second-order valence-corrected chi connectivity index (χ2v) is 3.75. The van der Waals surface area contributed by atoms with E-state index in [9.17, 15) is 0 Å². The molecule has 1 heterocycles. The minimum atomic E-state index is 0.630. The Bertz CT molecular complexity index is 290. The normalized spacial score (nSPS) is 17.1. The molecular formula is C12H17N2. The molecule has 0 bridgehead atoms. The van der Waals surface area contributed by atoms with Crippen molar-refractivity contribution in [2.45, 2.75) is 19.4 Å². The predicted molar refractivity (Wildman–Crippen MR) is 60.1 cm³/mol. The molecule has 0 amide bonds. The first-order valence-electron chi connectivity index (χ1n) is 5.26. The SMILES string of the molecule is NCc1cccc(N2C[CH]CCC2)c1. The first kappa shape index (κ1) is 9.53. The third kappa shape index (κ3) is 2.07. The number of piperidine rings is 1. The van der Waals surface area contributed by atoms with Crippen LogP contribution in [0.2, 0.25) is 0 Å². The summed E-state index contributed by atoms with van der Waals surface area (Å²) in [6.45, 7) is 2.88. The number of nitrogens with zero attached hydrogens (tertiary/aromatic N) is 1. The molecule has 0 spiro atoms. The summed E-state index contributed by atoms with van der Waals surface area (Å²) in [7, 11) is 0. The van der Waals surface area contributed by atoms with E-state index in [0.717, 1.165) is 6.54 Å². The summed E-state index contributed by atoms with van der Waals surface area (Å²) in [5.74, 6) is 0. The summed E-state index contributed by atoms with van der Waals surface area (Å²) in [5.41, 5.74) is 8.15. The molecule has 1 aliphatic rings. The van der Waals surface area contributed by atoms with Crippen molar-refractivity contribution in [2.24, 2.45) is 5.73 Å². The lowest BCUT2D eigenvalue weighted by Gasteiger charge is -2.28. The first-order valence-corrected chi connectivity index (χ1v) is 5.26. The van der Waals surface area contributed by atoms with Gasteiger partial charge in [-0.25, -0.2) is 0 Å². The molecule has 14 heavy (non-hydrogen) atoms. The van der Waals surface area contributed by atoms with Gasteiger partial charge in [-0.3, -0.25) is 0 Å². The molecule has 1 aliphatic heterocycles. The van der Waals surface area contributed by atoms with Crippen molar-refractivity contribution >= 4 is 5.69 Å². The molecule has 1 saturated heterocycles. The van der Waals surface area contributed by atoms with Crippen LogP contribution < -0.4 is 10.6 Å². The average Bonchev–Trinajstić information content (AvgIpc) is 2.30. The molecule has 2 N–H and O–H groups in total. The van der Waals surface area contributed by atoms with E-state index in [1.807, 2.05) is 0 Å². The van der Waals surface area contributed by atoms with Crippen molar-refractivity contribution < 1.29 is 0 Å². The minimum absolute atomic E-state index is 0.630. The molecule has 1 aromatic rings. The van der Waals surface area contributed by atoms with Crippen molar-refractivity contribution in [1.29, 1.82) is 0 Å². The zero-order valence-corrected chi connectivity index (χ0v) is 8.45. The van der Waals surface area contributed by atoms with Gasteiger partial charge in [0.2, 0.25) is 0 Å². The Labute approximate surface area is 85.7 Å². The van der Waals surface area contributed by atoms with E-state index in [4.69, 9.17) is 5.73 Å². The first-order chi connectivity index (χ1) is 6.90. The van der Waals surface area contributed by atoms with Gasteiger partial charge in [0.05, 0.1) is 0 Å². The van der Waals surface area contributed by atoms with E-state index in [1.165, 1.54) is 30.6 Å². The quantitative estimate of drug-likeness (QED) is 0.770. The summed E-state index contributed by atoms with van der Waals surface area (Å²) in [4.78, 5) is 2.41. The lowest BCUT2D eigenvalue weighted by Crippen LogP contribution is -2.29. The van der Waals surface area contributed by atoms with E-state index < -0.39 is 0 Å². The van der Waals surface area contributed by atoms with Crippen LogP contribution in [0.5, 0.6) is 0 Å². The minimum Gasteiger partial charge on any atom is -0.371 e. The van der Waals surface area contributed by atoms with E-state index in [2.05, 4.69) is 35.6 Å². The summed E-state index contributed by atoms with van der Waals surface area (Å²) >= 11 is 0. The molecular weight excluding hydrogens is 172 g/mol. The lowest BCUT2D eigenvalue weighted by molar-refractivity contribution is 0.671. The van der Waals surface area contributed by atoms with E-state index >= 15 is 0 Å². The Morgan fingerprint density at radius 1 is 1.36 bits per heavy atom. The average molecular weight is 189 g/mol. The lowest BCUT2D eigenvalue weighted by atomic mass is 10.1. The zero-order chi connectivity index (χ0) is 9.80. The highest BCUT2D eigenvalue weighted by atomic mass is 15.1. The largest absolute Gasteiger partial charge is 0.371 e. The van der Waals surface area contributed by atoms with Gasteiger partial charge >= 0.3 is 0 Å². The van der Waals surface area contributed by atoms with Crippen molar-refractivity contribution in [2.75, 3.05) is 18.0 Å². The predicted octanol–water partition coefficient (Wildman–Crippen LogP) is 1.95. The van der Waals surface area contributed by atoms with Crippen LogP contribution in [0.3, 0.4) is 0 Å². The number of anilines is 1. The topological polar surface area (TPSA) is 29.3 Å². The highest BCUT2D eigenvalue weighted by Gasteiger charge is 2.10. The van der Waals surface area contributed by atoms with E-state index in [1.54, 1.807) is 0 Å². The van der Waals surface area contributed by atoms with Gasteiger partial charge in [0.15, 0.2) is 0 Å². The standard InChI is InChI=1S/C12H17N2/c13-10-11-5-4-6-12(9-11)14-7-2-1-3-8-14/h2,4-6,9H,1,3,7-8,10,13H2. The second kappa shape index (κ2) is 4.47. The number of hydrogen-bond acceptors (Lipinski definition) is 2. The van der Waals surface area contributed by atoms with Gasteiger partial charge in [-0.1, -0.05) is 12.1 Å². The van der Waals surface area contributed by atoms with E-state index in [-0.39, 0.29) is 0 Å². The molecule has 0 saturated carbocycles. The molecule has 0 atom stereocenters. The fraction of sp³-hybridized carbons (Fsp3) is 0.417. The third-order valence-corrected chi connectivity index (χ3v) is 2.70. The van der Waals surface area contributed by atoms with Crippen molar-refractivity contribution in [3.05, 3.63) is 36.2 Å². The maximum absolute atomic E-state index is 5.62. The Morgan fingerprint density at radius 2 is 2.29 bits per heavy atom. The van der Waals surface area contributed by atoms with Crippen LogP contribution in [0.4, 0.5) is 5.69 Å². The summed E-state index contributed by atoms with van der Waals surface area (Å²) in [6, 6.07) is 8.53. The maximum atomic E-state index is 5.62. The van der Waals surface area contributed by atoms with Gasteiger partial charge in [0.1, 0.15) is 0 Å². The molecule has 0 unspecified atom stereocenters. The zero-order valence-electron chi connectivity index (χ0n) is 8.45. The van der Waals surface area contributed by atoms with Gasteiger partial charge < -0.3 is 10.6 Å². The molecule has 75 valence electrons. The van der Waals surface area contributed by atoms with Crippen molar-refractivity contribution in [3.63, 3.8) is 0 Å². The smallest absolute Gasteiger partial charge is 0.0369 e. The molecule has 0 aromatic heterocycles. The van der Waals surface area contributed by atoms with Crippen molar-refractivity contribution in [1.82, 2.24) is 0 Å². The maximum Gasteiger partial charge on any atom is 0.0369 e. The van der Waals surface area contributed by atoms with Crippen LogP contribution >= 0.6 is 0 Å². The van der Waals surface area contributed by atoms with Gasteiger partial charge in [-0.05, 0) is 37.0 Å². The fourth-order valence-corrected chi connectivity index (χ4v) is 1.88. The molecule has 1 aromatic carbocycles. The Balaban J connectivity index is 2.13. The van der Waals surface area contributed by atoms with Gasteiger partial charge in [-0.2, -0.15) is 0 Å². The molecule has 1 radical (unpaired) electrons. The Hall–Kier alpha value is -1.02. The van der Waals surface area contributed by atoms with Crippen LogP contribution in [-0.2, 0) is 6.54 Å². The molecule has 0 aliphatic carbocycles. The highest BCUT2D eigenvalue weighted by molar-refractivity contribution is 5.49. The van der Waals surface area contributed by atoms with Crippen LogP contribution in [0.25, 0.3) is 0 Å². The van der Waals surface area contributed by atoms with E-state index in [0.29, 0.717) is 6.54 Å². The summed E-state index contributed by atoms with van der Waals surface area (Å²) in [6.07, 6.45) is 4.87. The highest BCUT2D eigenvalue weighted by Crippen LogP contribution is 2.20. The number of hydrogen-bond donors (Lipinski definition) is 1. The number of benzene rings is 1. The Morgan fingerprint density at radius 3 is 3.00 bits per heavy atom. The summed E-state index contributed by atoms with van der Waals surface area (Å²) in [5, 5.41) is 0. The monoisotopic (exact) mass is 189 g/mol. The molecule has 2 nitrogen and oxygen atoms in total. The van der Waals surface area contributed by atoms with Crippen LogP contribution in [0, 0.1) is 6.42 Å². The molecule has 2 rings (SSSR count). The number of nitrogens with two attached hydrogens (primary N) is 1. The van der Waals surface area contributed by atoms with Crippen LogP contribution in [0.15, 0.2) is 24.3 Å². The van der Waals surface area contributed by atoms with Gasteiger partial charge in [-0.15, -0.1) is 0 Å². The van der Waals surface area contributed by atoms with Gasteiger partial charge in [0, 0.05) is 25.3 Å². The van der Waals surface area contributed by atoms with Gasteiger partial charge in [0.25, 0.3) is 0 Å². The molecule has 2 heteroatoms. The molecule has 1 fully saturated rings. The van der Waals surface area contributed by atoms with Crippen LogP contribution in [0.1, 0.15) is 18.4 Å². The number of rotatable bonds is 2. The Kier molecular flexibility index (Phi) is 3.04. The summed E-state index contributed by atoms with van der Waals surface area (Å²) < 4.78 is 0. The second-order valence-electron chi connectivity index (χ2n) is 3.75. The van der Waals surface area contributed by atoms with Crippen LogP contribution in [-0.4, -0.2) is 13.1 Å². The van der Waals surface area contributed by atoms with Crippen molar-refractivity contribution in [3.8, 4) is 0 Å². The third-order valence-electron chi connectivity index (χ3n) is 2.70.